The van der Waals surface area contributed by atoms with Crippen molar-refractivity contribution in [2.75, 3.05) is 6.61 Å². The highest BCUT2D eigenvalue weighted by molar-refractivity contribution is 5.84. The minimum atomic E-state index is -0.524. The number of nitrogens with one attached hydrogen (secondary N) is 2. The Morgan fingerprint density at radius 3 is 3.00 bits per heavy atom. The first-order valence-corrected chi connectivity index (χ1v) is 5.94. The average molecular weight is 247 g/mol. The maximum atomic E-state index is 11.7. The minimum absolute atomic E-state index is 0.328. The molecule has 0 aliphatic carbocycles. The first-order chi connectivity index (χ1) is 8.76. The Balaban J connectivity index is 2.19. The molecule has 1 heterocycles. The Morgan fingerprint density at radius 1 is 1.50 bits per heavy atom. The molecule has 0 aliphatic rings. The second-order valence-electron chi connectivity index (χ2n) is 4.03. The minimum Gasteiger partial charge on any atom is -0.465 e. The number of para-hydroxylation sites is 1. The summed E-state index contributed by atoms with van der Waals surface area (Å²) in [4.78, 5) is 14.8. The molecule has 0 saturated carbocycles. The maximum Gasteiger partial charge on any atom is 0.324 e. The molecule has 4 N–H and O–H groups in total. The van der Waals surface area contributed by atoms with Crippen molar-refractivity contribution in [2.45, 2.75) is 19.4 Å². The number of ether oxygens (including phenoxy) is 1. The maximum absolute atomic E-state index is 11.7. The molecule has 5 heteroatoms. The third kappa shape index (κ3) is 2.52. The summed E-state index contributed by atoms with van der Waals surface area (Å²) in [6.07, 6.45) is 2.40. The second-order valence-corrected chi connectivity index (χ2v) is 4.03. The number of aromatic nitrogens is 1. The zero-order valence-corrected chi connectivity index (χ0v) is 10.3. The van der Waals surface area contributed by atoms with Crippen molar-refractivity contribution in [1.82, 2.24) is 10.4 Å². The van der Waals surface area contributed by atoms with Crippen LogP contribution in [-0.2, 0) is 16.0 Å². The van der Waals surface area contributed by atoms with Crippen LogP contribution in [0.5, 0.6) is 0 Å². The number of rotatable bonds is 5. The number of nitrogens with two attached hydrogens (primary N) is 1. The molecule has 0 radical (unpaired) electrons. The summed E-state index contributed by atoms with van der Waals surface area (Å²) in [5, 5.41) is 1.10. The predicted octanol–water partition coefficient (Wildman–Crippen LogP) is 1.11. The zero-order chi connectivity index (χ0) is 13.0. The molecule has 2 aromatic rings. The standard InChI is InChI=1S/C13H17N3O2/c1-2-18-13(17)12(16-14)7-9-8-15-11-6-4-3-5-10(9)11/h3-6,8,12,15-16H,2,7,14H2,1H3. The van der Waals surface area contributed by atoms with Gasteiger partial charge in [-0.1, -0.05) is 18.2 Å². The van der Waals surface area contributed by atoms with Crippen LogP contribution < -0.4 is 11.3 Å². The molecule has 0 saturated heterocycles. The molecule has 0 bridgehead atoms. The van der Waals surface area contributed by atoms with E-state index in [4.69, 9.17) is 10.6 Å². The number of aromatic amines is 1. The van der Waals surface area contributed by atoms with E-state index in [0.29, 0.717) is 13.0 Å². The van der Waals surface area contributed by atoms with Crippen molar-refractivity contribution in [3.63, 3.8) is 0 Å². The SMILES string of the molecule is CCOC(=O)C(Cc1c[nH]c2ccccc12)NN. The zero-order valence-electron chi connectivity index (χ0n) is 10.3. The first kappa shape index (κ1) is 12.6. The Hall–Kier alpha value is -1.85. The molecule has 1 unspecified atom stereocenters. The average Bonchev–Trinajstić information content (AvgIpc) is 2.79. The molecule has 0 aliphatic heterocycles. The number of benzene rings is 1. The number of carbonyl (C=O) groups is 1. The molecule has 0 spiro atoms. The van der Waals surface area contributed by atoms with Gasteiger partial charge in [0.1, 0.15) is 6.04 Å². The molecule has 1 aromatic carbocycles. The Kier molecular flexibility index (Phi) is 3.96. The van der Waals surface area contributed by atoms with Crippen LogP contribution in [-0.4, -0.2) is 23.6 Å². The highest BCUT2D eigenvalue weighted by atomic mass is 16.5. The monoisotopic (exact) mass is 247 g/mol. The summed E-state index contributed by atoms with van der Waals surface area (Å²) in [6, 6.07) is 7.42. The molecule has 96 valence electrons. The number of fused-ring (bicyclic) bond motifs is 1. The van der Waals surface area contributed by atoms with Gasteiger partial charge in [0.05, 0.1) is 6.61 Å². The third-order valence-electron chi connectivity index (χ3n) is 2.87. The summed E-state index contributed by atoms with van der Waals surface area (Å²) >= 11 is 0. The van der Waals surface area contributed by atoms with E-state index in [2.05, 4.69) is 10.4 Å². The molecular formula is C13H17N3O2. The quantitative estimate of drug-likeness (QED) is 0.420. The second kappa shape index (κ2) is 5.66. The van der Waals surface area contributed by atoms with Crippen LogP contribution in [0.4, 0.5) is 0 Å². The first-order valence-electron chi connectivity index (χ1n) is 5.94. The van der Waals surface area contributed by atoms with Crippen LogP contribution in [0.1, 0.15) is 12.5 Å². The van der Waals surface area contributed by atoms with E-state index in [1.165, 1.54) is 0 Å². The molecular weight excluding hydrogens is 230 g/mol. The topological polar surface area (TPSA) is 80.1 Å². The lowest BCUT2D eigenvalue weighted by molar-refractivity contribution is -0.145. The summed E-state index contributed by atoms with van der Waals surface area (Å²) in [7, 11) is 0. The lowest BCUT2D eigenvalue weighted by atomic mass is 10.1. The lowest BCUT2D eigenvalue weighted by Gasteiger charge is -2.13. The van der Waals surface area contributed by atoms with Gasteiger partial charge in [0.2, 0.25) is 0 Å². The fraction of sp³-hybridized carbons (Fsp3) is 0.308. The van der Waals surface area contributed by atoms with Gasteiger partial charge in [0.15, 0.2) is 0 Å². The van der Waals surface area contributed by atoms with Gasteiger partial charge < -0.3 is 9.72 Å². The van der Waals surface area contributed by atoms with E-state index in [1.807, 2.05) is 30.5 Å². The van der Waals surface area contributed by atoms with E-state index in [0.717, 1.165) is 16.5 Å². The largest absolute Gasteiger partial charge is 0.465 e. The number of hydrogen-bond donors (Lipinski definition) is 3. The van der Waals surface area contributed by atoms with E-state index < -0.39 is 6.04 Å². The number of esters is 1. The van der Waals surface area contributed by atoms with E-state index in [1.54, 1.807) is 6.92 Å². The van der Waals surface area contributed by atoms with Crippen LogP contribution in [0.2, 0.25) is 0 Å². The fourth-order valence-electron chi connectivity index (χ4n) is 1.97. The van der Waals surface area contributed by atoms with Crippen molar-refractivity contribution in [3.05, 3.63) is 36.0 Å². The highest BCUT2D eigenvalue weighted by Gasteiger charge is 2.19. The Morgan fingerprint density at radius 2 is 2.28 bits per heavy atom. The molecule has 2 rings (SSSR count). The van der Waals surface area contributed by atoms with Gasteiger partial charge >= 0.3 is 5.97 Å². The van der Waals surface area contributed by atoms with E-state index in [-0.39, 0.29) is 5.97 Å². The number of hydrazine groups is 1. The Labute approximate surface area is 105 Å². The van der Waals surface area contributed by atoms with Crippen LogP contribution >= 0.6 is 0 Å². The van der Waals surface area contributed by atoms with Gasteiger partial charge in [0, 0.05) is 23.5 Å². The van der Waals surface area contributed by atoms with Gasteiger partial charge in [-0.05, 0) is 18.6 Å². The fourth-order valence-corrected chi connectivity index (χ4v) is 1.97. The third-order valence-corrected chi connectivity index (χ3v) is 2.87. The van der Waals surface area contributed by atoms with Crippen molar-refractivity contribution in [1.29, 1.82) is 0 Å². The smallest absolute Gasteiger partial charge is 0.324 e. The summed E-state index contributed by atoms with van der Waals surface area (Å²) in [6.45, 7) is 2.13. The highest BCUT2D eigenvalue weighted by Crippen LogP contribution is 2.19. The van der Waals surface area contributed by atoms with Crippen LogP contribution in [0.15, 0.2) is 30.5 Å². The van der Waals surface area contributed by atoms with Gasteiger partial charge in [-0.25, -0.2) is 5.43 Å². The summed E-state index contributed by atoms with van der Waals surface area (Å²) in [5.74, 6) is 5.08. The van der Waals surface area contributed by atoms with Crippen molar-refractivity contribution >= 4 is 16.9 Å². The molecule has 5 nitrogen and oxygen atoms in total. The summed E-state index contributed by atoms with van der Waals surface area (Å²) in [5.41, 5.74) is 4.59. The Bertz CT molecular complexity index is 536. The van der Waals surface area contributed by atoms with E-state index >= 15 is 0 Å². The van der Waals surface area contributed by atoms with Gasteiger partial charge in [0.25, 0.3) is 0 Å². The van der Waals surface area contributed by atoms with E-state index in [9.17, 15) is 4.79 Å². The van der Waals surface area contributed by atoms with Crippen LogP contribution in [0, 0.1) is 0 Å². The van der Waals surface area contributed by atoms with Crippen molar-refractivity contribution < 1.29 is 9.53 Å². The molecule has 1 aromatic heterocycles. The van der Waals surface area contributed by atoms with Crippen molar-refractivity contribution in [3.8, 4) is 0 Å². The molecule has 18 heavy (non-hydrogen) atoms. The molecule has 0 amide bonds. The number of carbonyl (C=O) groups excluding carboxylic acids is 1. The van der Waals surface area contributed by atoms with Gasteiger partial charge in [-0.3, -0.25) is 10.6 Å². The lowest BCUT2D eigenvalue weighted by Crippen LogP contribution is -2.43. The van der Waals surface area contributed by atoms with Crippen LogP contribution in [0.25, 0.3) is 10.9 Å². The summed E-state index contributed by atoms with van der Waals surface area (Å²) < 4.78 is 4.96. The normalized spacial score (nSPS) is 12.6. The van der Waals surface area contributed by atoms with Crippen LogP contribution in [0.3, 0.4) is 0 Å². The molecule has 1 atom stereocenters. The number of H-pyrrole nitrogens is 1. The molecule has 0 fully saturated rings. The number of hydrogen-bond acceptors (Lipinski definition) is 4. The van der Waals surface area contributed by atoms with Crippen molar-refractivity contribution in [2.24, 2.45) is 5.84 Å². The van der Waals surface area contributed by atoms with Gasteiger partial charge in [-0.15, -0.1) is 0 Å². The predicted molar refractivity (Wildman–Crippen MR) is 69.7 cm³/mol. The van der Waals surface area contributed by atoms with Gasteiger partial charge in [-0.2, -0.15) is 0 Å².